The van der Waals surface area contributed by atoms with Gasteiger partial charge in [0.25, 0.3) is 5.91 Å². The zero-order valence-corrected chi connectivity index (χ0v) is 13.5. The van der Waals surface area contributed by atoms with E-state index in [0.29, 0.717) is 16.5 Å². The molecule has 0 aliphatic heterocycles. The van der Waals surface area contributed by atoms with Crippen LogP contribution in [0.3, 0.4) is 0 Å². The number of fused-ring (bicyclic) bond motifs is 2. The zero-order chi connectivity index (χ0) is 17.6. The standard InChI is InChI=1S/C19H17N3O3/c20-19(25)15-9-22(10-18(23)24)17-5-4-11(7-14(15)17)13-6-12-2-1-3-16(12)21-8-13/h4-9H,1-3,10H2,(H2,20,25)(H,23,24). The first-order valence-electron chi connectivity index (χ1n) is 8.15. The van der Waals surface area contributed by atoms with Crippen molar-refractivity contribution < 1.29 is 14.7 Å². The first kappa shape index (κ1) is 15.4. The Kier molecular flexibility index (Phi) is 3.53. The fourth-order valence-electron chi connectivity index (χ4n) is 3.53. The maximum Gasteiger partial charge on any atom is 0.323 e. The van der Waals surface area contributed by atoms with E-state index in [1.54, 1.807) is 0 Å². The maximum absolute atomic E-state index is 11.8. The van der Waals surface area contributed by atoms with Gasteiger partial charge in [-0.2, -0.15) is 0 Å². The van der Waals surface area contributed by atoms with Gasteiger partial charge in [-0.3, -0.25) is 14.6 Å². The molecule has 2 aromatic heterocycles. The van der Waals surface area contributed by atoms with Gasteiger partial charge in [0.15, 0.2) is 0 Å². The van der Waals surface area contributed by atoms with Crippen LogP contribution in [0.5, 0.6) is 0 Å². The van der Waals surface area contributed by atoms with E-state index < -0.39 is 11.9 Å². The number of primary amides is 1. The average molecular weight is 335 g/mol. The predicted molar refractivity (Wildman–Crippen MR) is 93.3 cm³/mol. The molecule has 0 saturated heterocycles. The van der Waals surface area contributed by atoms with Gasteiger partial charge >= 0.3 is 5.97 Å². The number of nitrogens with two attached hydrogens (primary N) is 1. The number of aromatic nitrogens is 2. The van der Waals surface area contributed by atoms with Gasteiger partial charge < -0.3 is 15.4 Å². The number of carboxylic acids is 1. The first-order valence-corrected chi connectivity index (χ1v) is 8.15. The van der Waals surface area contributed by atoms with Gasteiger partial charge in [-0.05, 0) is 48.6 Å². The smallest absolute Gasteiger partial charge is 0.323 e. The van der Waals surface area contributed by atoms with Crippen molar-refractivity contribution in [3.63, 3.8) is 0 Å². The average Bonchev–Trinajstić information content (AvgIpc) is 3.18. The summed E-state index contributed by atoms with van der Waals surface area (Å²) in [5.74, 6) is -1.54. The molecule has 0 atom stereocenters. The molecule has 1 amide bonds. The molecule has 0 radical (unpaired) electrons. The van der Waals surface area contributed by atoms with Crippen molar-refractivity contribution in [2.24, 2.45) is 5.73 Å². The number of carbonyl (C=O) groups is 2. The first-order chi connectivity index (χ1) is 12.0. The van der Waals surface area contributed by atoms with Crippen LogP contribution in [0.4, 0.5) is 0 Å². The van der Waals surface area contributed by atoms with Gasteiger partial charge in [0.2, 0.25) is 0 Å². The highest BCUT2D eigenvalue weighted by Crippen LogP contribution is 2.30. The molecule has 6 nitrogen and oxygen atoms in total. The summed E-state index contributed by atoms with van der Waals surface area (Å²) in [6.07, 6.45) is 6.56. The van der Waals surface area contributed by atoms with E-state index in [9.17, 15) is 9.59 Å². The number of rotatable bonds is 4. The molecular weight excluding hydrogens is 318 g/mol. The van der Waals surface area contributed by atoms with E-state index >= 15 is 0 Å². The fourth-order valence-corrected chi connectivity index (χ4v) is 3.53. The topological polar surface area (TPSA) is 98.2 Å². The van der Waals surface area contributed by atoms with Crippen molar-refractivity contribution in [3.8, 4) is 11.1 Å². The van der Waals surface area contributed by atoms with Crippen LogP contribution in [-0.2, 0) is 24.2 Å². The Morgan fingerprint density at radius 2 is 2.04 bits per heavy atom. The Morgan fingerprint density at radius 1 is 1.20 bits per heavy atom. The van der Waals surface area contributed by atoms with Crippen molar-refractivity contribution >= 4 is 22.8 Å². The number of carboxylic acid groups (broad SMARTS) is 1. The van der Waals surface area contributed by atoms with Crippen LogP contribution in [0.2, 0.25) is 0 Å². The summed E-state index contributed by atoms with van der Waals surface area (Å²) < 4.78 is 1.53. The van der Waals surface area contributed by atoms with Gasteiger partial charge in [-0.1, -0.05) is 6.07 Å². The van der Waals surface area contributed by atoms with E-state index in [-0.39, 0.29) is 6.54 Å². The normalized spacial score (nSPS) is 13.1. The van der Waals surface area contributed by atoms with Crippen LogP contribution >= 0.6 is 0 Å². The van der Waals surface area contributed by atoms with Gasteiger partial charge in [-0.15, -0.1) is 0 Å². The lowest BCUT2D eigenvalue weighted by Crippen LogP contribution is -2.11. The Balaban J connectivity index is 1.85. The molecule has 4 rings (SSSR count). The van der Waals surface area contributed by atoms with Gasteiger partial charge in [0.05, 0.1) is 5.56 Å². The lowest BCUT2D eigenvalue weighted by atomic mass is 10.0. The van der Waals surface area contributed by atoms with Crippen LogP contribution in [0, 0.1) is 0 Å². The molecule has 126 valence electrons. The molecule has 1 aliphatic rings. The summed E-state index contributed by atoms with van der Waals surface area (Å²) in [7, 11) is 0. The Hall–Kier alpha value is -3.15. The minimum Gasteiger partial charge on any atom is -0.480 e. The molecule has 3 aromatic rings. The van der Waals surface area contributed by atoms with E-state index in [4.69, 9.17) is 10.8 Å². The van der Waals surface area contributed by atoms with Crippen molar-refractivity contribution in [3.05, 3.63) is 53.5 Å². The summed E-state index contributed by atoms with van der Waals surface area (Å²) in [5, 5.41) is 9.71. The van der Waals surface area contributed by atoms with Crippen molar-refractivity contribution in [2.45, 2.75) is 25.8 Å². The number of hydrogen-bond acceptors (Lipinski definition) is 3. The second-order valence-corrected chi connectivity index (χ2v) is 6.34. The van der Waals surface area contributed by atoms with Crippen molar-refractivity contribution in [1.82, 2.24) is 9.55 Å². The zero-order valence-electron chi connectivity index (χ0n) is 13.5. The van der Waals surface area contributed by atoms with E-state index in [2.05, 4.69) is 11.1 Å². The Morgan fingerprint density at radius 3 is 2.80 bits per heavy atom. The third-order valence-electron chi connectivity index (χ3n) is 4.71. The summed E-state index contributed by atoms with van der Waals surface area (Å²) in [4.78, 5) is 27.4. The lowest BCUT2D eigenvalue weighted by Gasteiger charge is -2.06. The largest absolute Gasteiger partial charge is 0.480 e. The van der Waals surface area contributed by atoms with Gasteiger partial charge in [0.1, 0.15) is 6.54 Å². The molecule has 6 heteroatoms. The molecule has 2 heterocycles. The number of benzene rings is 1. The molecule has 0 bridgehead atoms. The quantitative estimate of drug-likeness (QED) is 0.765. The number of nitrogens with zero attached hydrogens (tertiary/aromatic N) is 2. The number of carbonyl (C=O) groups excluding carboxylic acids is 1. The predicted octanol–water partition coefficient (Wildman–Crippen LogP) is 2.38. The maximum atomic E-state index is 11.8. The second-order valence-electron chi connectivity index (χ2n) is 6.34. The van der Waals surface area contributed by atoms with E-state index in [1.165, 1.54) is 16.3 Å². The molecule has 3 N–H and O–H groups in total. The van der Waals surface area contributed by atoms with E-state index in [1.807, 2.05) is 24.4 Å². The van der Waals surface area contributed by atoms with Crippen LogP contribution in [-0.4, -0.2) is 26.5 Å². The van der Waals surface area contributed by atoms with E-state index in [0.717, 1.165) is 36.1 Å². The molecule has 0 unspecified atom stereocenters. The van der Waals surface area contributed by atoms with Crippen LogP contribution < -0.4 is 5.73 Å². The monoisotopic (exact) mass is 335 g/mol. The molecule has 1 aliphatic carbocycles. The third kappa shape index (κ3) is 2.65. The Bertz CT molecular complexity index is 1020. The highest BCUT2D eigenvalue weighted by atomic mass is 16.4. The van der Waals surface area contributed by atoms with Gasteiger partial charge in [-0.25, -0.2) is 0 Å². The summed E-state index contributed by atoms with van der Waals surface area (Å²) in [5.41, 5.74) is 10.8. The van der Waals surface area contributed by atoms with Crippen LogP contribution in [0.15, 0.2) is 36.7 Å². The number of aliphatic carboxylic acids is 1. The number of aryl methyl sites for hydroxylation is 2. The van der Waals surface area contributed by atoms with Crippen LogP contribution in [0.25, 0.3) is 22.0 Å². The summed E-state index contributed by atoms with van der Waals surface area (Å²) in [6, 6.07) is 7.78. The summed E-state index contributed by atoms with van der Waals surface area (Å²) in [6.45, 7) is -0.219. The number of amides is 1. The highest BCUT2D eigenvalue weighted by molar-refractivity contribution is 6.07. The molecule has 0 fully saturated rings. The molecule has 25 heavy (non-hydrogen) atoms. The summed E-state index contributed by atoms with van der Waals surface area (Å²) >= 11 is 0. The van der Waals surface area contributed by atoms with Gasteiger partial charge in [0, 0.05) is 34.6 Å². The number of hydrogen-bond donors (Lipinski definition) is 2. The molecule has 1 aromatic carbocycles. The van der Waals surface area contributed by atoms with Crippen molar-refractivity contribution in [2.75, 3.05) is 0 Å². The fraction of sp³-hybridized carbons (Fsp3) is 0.211. The lowest BCUT2D eigenvalue weighted by molar-refractivity contribution is -0.137. The second kappa shape index (κ2) is 5.73. The Labute approximate surface area is 143 Å². The minimum atomic E-state index is -0.972. The molecular formula is C19H17N3O3. The minimum absolute atomic E-state index is 0.219. The third-order valence-corrected chi connectivity index (χ3v) is 4.71. The molecule has 0 spiro atoms. The number of pyridine rings is 1. The van der Waals surface area contributed by atoms with Crippen molar-refractivity contribution in [1.29, 1.82) is 0 Å². The van der Waals surface area contributed by atoms with Crippen LogP contribution in [0.1, 0.15) is 28.0 Å². The molecule has 0 saturated carbocycles. The SMILES string of the molecule is NC(=O)c1cn(CC(=O)O)c2ccc(-c3cnc4c(c3)CCC4)cc12. The highest BCUT2D eigenvalue weighted by Gasteiger charge is 2.17.